The Hall–Kier alpha value is -0.570. The molecule has 57 valence electrons. The molecule has 0 atom stereocenters. The Morgan fingerprint density at radius 2 is 1.92 bits per heavy atom. The van der Waals surface area contributed by atoms with E-state index in [-0.39, 0.29) is 35.5 Å². The first-order chi connectivity index (χ1) is 5.34. The molecule has 0 saturated heterocycles. The molecule has 0 unspecified atom stereocenters. The van der Waals surface area contributed by atoms with Crippen molar-refractivity contribution in [2.24, 2.45) is 0 Å². The summed E-state index contributed by atoms with van der Waals surface area (Å²) in [7, 11) is 0. The van der Waals surface area contributed by atoms with Crippen LogP contribution in [-0.2, 0) is 4.74 Å². The molecule has 0 saturated carbocycles. The molecule has 0 spiro atoms. The van der Waals surface area contributed by atoms with Gasteiger partial charge in [-0.1, -0.05) is 24.8 Å². The van der Waals surface area contributed by atoms with Gasteiger partial charge in [0.1, 0.15) is 0 Å². The Morgan fingerprint density at radius 1 is 1.33 bits per heavy atom. The Bertz CT molecular complexity index is 256. The largest absolute Gasteiger partial charge is 0.432 e. The van der Waals surface area contributed by atoms with Gasteiger partial charge in [0.2, 0.25) is 0 Å². The van der Waals surface area contributed by atoms with Crippen LogP contribution >= 0.6 is 0 Å². The molecule has 0 aliphatic carbocycles. The molecule has 12 heavy (non-hydrogen) atoms. The van der Waals surface area contributed by atoms with Gasteiger partial charge < -0.3 is 4.74 Å². The summed E-state index contributed by atoms with van der Waals surface area (Å²) < 4.78 is 4.55. The van der Waals surface area contributed by atoms with Crippen LogP contribution in [0.5, 0.6) is 0 Å². The van der Waals surface area contributed by atoms with Crippen molar-refractivity contribution in [2.75, 3.05) is 0 Å². The fraction of sp³-hybridized carbons (Fsp3) is 0. The van der Waals surface area contributed by atoms with Gasteiger partial charge in [-0.2, -0.15) is 0 Å². The summed E-state index contributed by atoms with van der Waals surface area (Å²) in [6.07, 6.45) is 1.12. The average Bonchev–Trinajstić information content (AvgIpc) is 2.07. The van der Waals surface area contributed by atoms with Crippen LogP contribution in [-0.4, -0.2) is 35.5 Å². The Labute approximate surface area is 93.5 Å². The normalized spacial score (nSPS) is 8.00. The first-order valence-electron chi connectivity index (χ1n) is 3.21. The van der Waals surface area contributed by atoms with Gasteiger partial charge in [-0.25, -0.2) is 4.79 Å². The smallest absolute Gasteiger partial charge is 0.342 e. The van der Waals surface area contributed by atoms with Crippen molar-refractivity contribution < 1.29 is 9.53 Å². The number of carbonyl (C=O) groups excluding carboxylic acids is 1. The summed E-state index contributed by atoms with van der Waals surface area (Å²) in [5.74, 6) is -0.374. The molecular weight excluding hydrogens is 163 g/mol. The average molecular weight is 171 g/mol. The van der Waals surface area contributed by atoms with Crippen molar-refractivity contribution in [2.45, 2.75) is 0 Å². The minimum absolute atomic E-state index is 0. The van der Waals surface area contributed by atoms with Crippen LogP contribution in [0.1, 0.15) is 10.4 Å². The SMILES string of the molecule is C=COC(=O)c1ccccc1.[Na]. The van der Waals surface area contributed by atoms with Gasteiger partial charge in [0, 0.05) is 29.6 Å². The van der Waals surface area contributed by atoms with Gasteiger partial charge >= 0.3 is 5.97 Å². The summed E-state index contributed by atoms with van der Waals surface area (Å²) in [6.45, 7) is 3.28. The molecular formula is C9H8NaO2. The third-order valence-corrected chi connectivity index (χ3v) is 1.20. The fourth-order valence-electron chi connectivity index (χ4n) is 0.718. The van der Waals surface area contributed by atoms with Gasteiger partial charge in [0.25, 0.3) is 0 Å². The van der Waals surface area contributed by atoms with E-state index in [1.54, 1.807) is 24.3 Å². The molecule has 1 rings (SSSR count). The molecule has 1 aromatic rings. The van der Waals surface area contributed by atoms with E-state index in [1.807, 2.05) is 6.07 Å². The van der Waals surface area contributed by atoms with Crippen molar-refractivity contribution in [3.63, 3.8) is 0 Å². The predicted molar refractivity (Wildman–Crippen MR) is 47.8 cm³/mol. The molecule has 0 aliphatic heterocycles. The molecule has 1 radical (unpaired) electrons. The fourth-order valence-corrected chi connectivity index (χ4v) is 0.718. The van der Waals surface area contributed by atoms with Gasteiger partial charge in [-0.15, -0.1) is 0 Å². The third-order valence-electron chi connectivity index (χ3n) is 1.20. The Balaban J connectivity index is 0.00000121. The molecule has 0 amide bonds. The third kappa shape index (κ3) is 3.22. The summed E-state index contributed by atoms with van der Waals surface area (Å²) >= 11 is 0. The zero-order chi connectivity index (χ0) is 8.10. The molecule has 1 aromatic carbocycles. The molecule has 0 aromatic heterocycles. The van der Waals surface area contributed by atoms with Crippen LogP contribution in [0.4, 0.5) is 0 Å². The maximum Gasteiger partial charge on any atom is 0.342 e. The topological polar surface area (TPSA) is 26.3 Å². The molecule has 0 bridgehead atoms. The van der Waals surface area contributed by atoms with E-state index in [4.69, 9.17) is 0 Å². The number of esters is 1. The van der Waals surface area contributed by atoms with Gasteiger partial charge in [-0.3, -0.25) is 0 Å². The van der Waals surface area contributed by atoms with Crippen LogP contribution < -0.4 is 0 Å². The number of hydrogen-bond donors (Lipinski definition) is 0. The van der Waals surface area contributed by atoms with Gasteiger partial charge in [0.05, 0.1) is 11.8 Å². The number of hydrogen-bond acceptors (Lipinski definition) is 2. The molecule has 3 heteroatoms. The van der Waals surface area contributed by atoms with Crippen LogP contribution in [0.3, 0.4) is 0 Å². The zero-order valence-electron chi connectivity index (χ0n) is 6.99. The van der Waals surface area contributed by atoms with Gasteiger partial charge in [-0.05, 0) is 12.1 Å². The maximum atomic E-state index is 11.0. The van der Waals surface area contributed by atoms with E-state index in [2.05, 4.69) is 11.3 Å². The molecule has 0 fully saturated rings. The number of rotatable bonds is 2. The summed E-state index contributed by atoms with van der Waals surface area (Å²) in [4.78, 5) is 11.0. The quantitative estimate of drug-likeness (QED) is 0.384. The summed E-state index contributed by atoms with van der Waals surface area (Å²) in [6, 6.07) is 8.77. The van der Waals surface area contributed by atoms with Crippen molar-refractivity contribution in [3.05, 3.63) is 48.7 Å². The Kier molecular flexibility index (Phi) is 5.72. The van der Waals surface area contributed by atoms with E-state index in [1.165, 1.54) is 0 Å². The molecule has 0 heterocycles. The molecule has 0 N–H and O–H groups in total. The first-order valence-corrected chi connectivity index (χ1v) is 3.21. The number of ether oxygens (including phenoxy) is 1. The second-order valence-electron chi connectivity index (χ2n) is 1.94. The zero-order valence-corrected chi connectivity index (χ0v) is 8.99. The van der Waals surface area contributed by atoms with Gasteiger partial charge in [0.15, 0.2) is 0 Å². The van der Waals surface area contributed by atoms with Crippen molar-refractivity contribution in [3.8, 4) is 0 Å². The number of benzene rings is 1. The summed E-state index contributed by atoms with van der Waals surface area (Å²) in [5.41, 5.74) is 0.535. The van der Waals surface area contributed by atoms with E-state index in [0.717, 1.165) is 6.26 Å². The van der Waals surface area contributed by atoms with Crippen LogP contribution in [0, 0.1) is 0 Å². The van der Waals surface area contributed by atoms with E-state index in [9.17, 15) is 4.79 Å². The molecule has 0 aliphatic rings. The standard InChI is InChI=1S/C9H8O2.Na/c1-2-11-9(10)8-6-4-3-5-7-8;/h2-7H,1H2;. The van der Waals surface area contributed by atoms with Crippen LogP contribution in [0.25, 0.3) is 0 Å². The van der Waals surface area contributed by atoms with Crippen LogP contribution in [0.15, 0.2) is 43.2 Å². The minimum atomic E-state index is -0.374. The minimum Gasteiger partial charge on any atom is -0.432 e. The predicted octanol–water partition coefficient (Wildman–Crippen LogP) is 1.61. The van der Waals surface area contributed by atoms with Crippen LogP contribution in [0.2, 0.25) is 0 Å². The Morgan fingerprint density at radius 3 is 2.42 bits per heavy atom. The van der Waals surface area contributed by atoms with E-state index < -0.39 is 0 Å². The number of carbonyl (C=O) groups is 1. The maximum absolute atomic E-state index is 11.0. The van der Waals surface area contributed by atoms with Crippen molar-refractivity contribution in [1.82, 2.24) is 0 Å². The second kappa shape index (κ2) is 6.00. The monoisotopic (exact) mass is 171 g/mol. The molecule has 2 nitrogen and oxygen atoms in total. The van der Waals surface area contributed by atoms with Crippen molar-refractivity contribution in [1.29, 1.82) is 0 Å². The van der Waals surface area contributed by atoms with Crippen molar-refractivity contribution >= 4 is 35.5 Å². The summed E-state index contributed by atoms with van der Waals surface area (Å²) in [5, 5.41) is 0. The first kappa shape index (κ1) is 11.4. The second-order valence-corrected chi connectivity index (χ2v) is 1.94. The van der Waals surface area contributed by atoms with E-state index in [0.29, 0.717) is 5.56 Å². The van der Waals surface area contributed by atoms with E-state index >= 15 is 0 Å².